The van der Waals surface area contributed by atoms with Gasteiger partial charge in [-0.05, 0) is 12.5 Å². The zero-order valence-electron chi connectivity index (χ0n) is 10.2. The van der Waals surface area contributed by atoms with Crippen molar-refractivity contribution in [2.45, 2.75) is 64.2 Å². The maximum absolute atomic E-state index is 13.0. The summed E-state index contributed by atoms with van der Waals surface area (Å²) in [5.74, 6) is -2.74. The Kier molecular flexibility index (Phi) is 9.49. The molecular weight excluding hydrogens is 210 g/mol. The van der Waals surface area contributed by atoms with Crippen molar-refractivity contribution in [3.8, 4) is 0 Å². The van der Waals surface area contributed by atoms with Crippen LogP contribution in [0.5, 0.6) is 0 Å². The third-order valence-corrected chi connectivity index (χ3v) is 2.58. The first-order valence-corrected chi connectivity index (χ1v) is 6.29. The number of alkyl halides is 2. The molecule has 0 bridgehead atoms. The summed E-state index contributed by atoms with van der Waals surface area (Å²) in [6.07, 6.45) is 9.16. The Morgan fingerprint density at radius 1 is 1.00 bits per heavy atom. The van der Waals surface area contributed by atoms with Crippen LogP contribution in [0.3, 0.4) is 0 Å². The second-order valence-corrected chi connectivity index (χ2v) is 4.22. The standard InChI is InChI=1S/C13H24F2O/c1-2-3-4-5-6-7-8-10-13(14,15)11-9-12-16/h9,11,16H,2-8,10,12H2,1H3/b11-9-. The van der Waals surface area contributed by atoms with Crippen molar-refractivity contribution in [3.63, 3.8) is 0 Å². The highest BCUT2D eigenvalue weighted by Crippen LogP contribution is 2.23. The van der Waals surface area contributed by atoms with Crippen LogP contribution in [-0.4, -0.2) is 17.6 Å². The zero-order chi connectivity index (χ0) is 12.3. The fraction of sp³-hybridized carbons (Fsp3) is 0.846. The van der Waals surface area contributed by atoms with Gasteiger partial charge in [0.05, 0.1) is 6.61 Å². The Morgan fingerprint density at radius 2 is 1.56 bits per heavy atom. The molecule has 0 aliphatic heterocycles. The largest absolute Gasteiger partial charge is 0.392 e. The third kappa shape index (κ3) is 10.1. The van der Waals surface area contributed by atoms with E-state index in [0.717, 1.165) is 31.4 Å². The summed E-state index contributed by atoms with van der Waals surface area (Å²) in [5.41, 5.74) is 0. The van der Waals surface area contributed by atoms with E-state index < -0.39 is 5.92 Å². The molecule has 0 aliphatic carbocycles. The highest BCUT2D eigenvalue weighted by atomic mass is 19.3. The third-order valence-electron chi connectivity index (χ3n) is 2.58. The van der Waals surface area contributed by atoms with E-state index in [1.54, 1.807) is 0 Å². The highest BCUT2D eigenvalue weighted by molar-refractivity contribution is 4.94. The number of rotatable bonds is 10. The van der Waals surface area contributed by atoms with Crippen molar-refractivity contribution in [1.82, 2.24) is 0 Å². The molecule has 0 aromatic heterocycles. The van der Waals surface area contributed by atoms with Gasteiger partial charge in [-0.15, -0.1) is 0 Å². The minimum atomic E-state index is -2.74. The van der Waals surface area contributed by atoms with Gasteiger partial charge < -0.3 is 5.11 Å². The Hall–Kier alpha value is -0.440. The van der Waals surface area contributed by atoms with Crippen molar-refractivity contribution in [2.75, 3.05) is 6.61 Å². The van der Waals surface area contributed by atoms with E-state index in [4.69, 9.17) is 5.11 Å². The lowest BCUT2D eigenvalue weighted by atomic mass is 10.1. The highest BCUT2D eigenvalue weighted by Gasteiger charge is 2.23. The van der Waals surface area contributed by atoms with Crippen LogP contribution in [0.25, 0.3) is 0 Å². The summed E-state index contributed by atoms with van der Waals surface area (Å²) >= 11 is 0. The van der Waals surface area contributed by atoms with Crippen molar-refractivity contribution >= 4 is 0 Å². The molecule has 0 aromatic rings. The molecule has 0 saturated carbocycles. The number of aliphatic hydroxyl groups is 1. The van der Waals surface area contributed by atoms with Gasteiger partial charge in [0, 0.05) is 6.42 Å². The van der Waals surface area contributed by atoms with Crippen LogP contribution >= 0.6 is 0 Å². The molecular formula is C13H24F2O. The number of aliphatic hydroxyl groups excluding tert-OH is 1. The van der Waals surface area contributed by atoms with Crippen LogP contribution in [0.15, 0.2) is 12.2 Å². The lowest BCUT2D eigenvalue weighted by molar-refractivity contribution is 0.0420. The van der Waals surface area contributed by atoms with Gasteiger partial charge in [-0.3, -0.25) is 0 Å². The molecule has 3 heteroatoms. The Morgan fingerprint density at radius 3 is 2.12 bits per heavy atom. The lowest BCUT2D eigenvalue weighted by Gasteiger charge is -2.11. The average Bonchev–Trinajstić information content (AvgIpc) is 2.25. The summed E-state index contributed by atoms with van der Waals surface area (Å²) in [6.45, 7) is 1.85. The van der Waals surface area contributed by atoms with Crippen LogP contribution in [0.4, 0.5) is 8.78 Å². The summed E-state index contributed by atoms with van der Waals surface area (Å²) in [4.78, 5) is 0. The molecule has 0 aliphatic rings. The molecule has 0 unspecified atom stereocenters. The quantitative estimate of drug-likeness (QED) is 0.441. The van der Waals surface area contributed by atoms with E-state index in [1.807, 2.05) is 0 Å². The molecule has 0 amide bonds. The molecule has 0 rings (SSSR count). The summed E-state index contributed by atoms with van der Waals surface area (Å²) in [5, 5.41) is 8.40. The first-order chi connectivity index (χ1) is 7.62. The lowest BCUT2D eigenvalue weighted by Crippen LogP contribution is -2.11. The van der Waals surface area contributed by atoms with Gasteiger partial charge in [0.15, 0.2) is 0 Å². The predicted octanol–water partition coefficient (Wildman–Crippen LogP) is 4.31. The first-order valence-electron chi connectivity index (χ1n) is 6.29. The maximum atomic E-state index is 13.0. The minimum absolute atomic E-state index is 0.0999. The van der Waals surface area contributed by atoms with E-state index in [1.165, 1.54) is 19.3 Å². The first kappa shape index (κ1) is 15.6. The van der Waals surface area contributed by atoms with Crippen LogP contribution in [0.2, 0.25) is 0 Å². The smallest absolute Gasteiger partial charge is 0.266 e. The van der Waals surface area contributed by atoms with E-state index in [2.05, 4.69) is 6.92 Å². The van der Waals surface area contributed by atoms with Gasteiger partial charge >= 0.3 is 0 Å². The van der Waals surface area contributed by atoms with Crippen molar-refractivity contribution < 1.29 is 13.9 Å². The molecule has 0 atom stereocenters. The zero-order valence-corrected chi connectivity index (χ0v) is 10.2. The van der Waals surface area contributed by atoms with Crippen LogP contribution < -0.4 is 0 Å². The molecule has 0 aromatic carbocycles. The molecule has 0 heterocycles. The van der Waals surface area contributed by atoms with Gasteiger partial charge in [0.1, 0.15) is 0 Å². The van der Waals surface area contributed by atoms with Crippen molar-refractivity contribution in [2.24, 2.45) is 0 Å². The van der Waals surface area contributed by atoms with Crippen LogP contribution in [0, 0.1) is 0 Å². The Labute approximate surface area is 97.6 Å². The monoisotopic (exact) mass is 234 g/mol. The topological polar surface area (TPSA) is 20.2 Å². The van der Waals surface area contributed by atoms with E-state index in [0.29, 0.717) is 6.42 Å². The molecule has 0 saturated heterocycles. The number of halogens is 2. The summed E-state index contributed by atoms with van der Waals surface area (Å²) in [7, 11) is 0. The number of hydrogen-bond donors (Lipinski definition) is 1. The summed E-state index contributed by atoms with van der Waals surface area (Å²) in [6, 6.07) is 0. The van der Waals surface area contributed by atoms with Gasteiger partial charge in [-0.1, -0.05) is 51.5 Å². The maximum Gasteiger partial charge on any atom is 0.266 e. The van der Waals surface area contributed by atoms with Crippen molar-refractivity contribution in [1.29, 1.82) is 0 Å². The fourth-order valence-electron chi connectivity index (χ4n) is 1.63. The Bertz CT molecular complexity index is 179. The molecule has 96 valence electrons. The summed E-state index contributed by atoms with van der Waals surface area (Å²) < 4.78 is 26.1. The molecule has 16 heavy (non-hydrogen) atoms. The number of hydrogen-bond acceptors (Lipinski definition) is 1. The van der Waals surface area contributed by atoms with E-state index >= 15 is 0 Å². The Balaban J connectivity index is 3.39. The van der Waals surface area contributed by atoms with Gasteiger partial charge in [-0.25, -0.2) is 8.78 Å². The van der Waals surface area contributed by atoms with E-state index in [-0.39, 0.29) is 13.0 Å². The van der Waals surface area contributed by atoms with Crippen LogP contribution in [-0.2, 0) is 0 Å². The fourth-order valence-corrected chi connectivity index (χ4v) is 1.63. The van der Waals surface area contributed by atoms with Crippen LogP contribution in [0.1, 0.15) is 58.3 Å². The molecule has 0 spiro atoms. The van der Waals surface area contributed by atoms with E-state index in [9.17, 15) is 8.78 Å². The number of unbranched alkanes of at least 4 members (excludes halogenated alkanes) is 6. The van der Waals surface area contributed by atoms with Crippen molar-refractivity contribution in [3.05, 3.63) is 12.2 Å². The SMILES string of the molecule is CCCCCCCCCC(F)(F)/C=C\CO. The second-order valence-electron chi connectivity index (χ2n) is 4.22. The number of allylic oxidation sites excluding steroid dienone is 1. The molecule has 0 fully saturated rings. The van der Waals surface area contributed by atoms with Gasteiger partial charge in [0.2, 0.25) is 0 Å². The second kappa shape index (κ2) is 9.76. The molecule has 0 radical (unpaired) electrons. The molecule has 1 nitrogen and oxygen atoms in total. The molecule has 1 N–H and O–H groups in total. The van der Waals surface area contributed by atoms with Gasteiger partial charge in [0.25, 0.3) is 5.92 Å². The predicted molar refractivity (Wildman–Crippen MR) is 63.8 cm³/mol. The van der Waals surface area contributed by atoms with Gasteiger partial charge in [-0.2, -0.15) is 0 Å². The minimum Gasteiger partial charge on any atom is -0.392 e. The normalized spacial score (nSPS) is 12.5. The average molecular weight is 234 g/mol.